The molecule has 1 heterocycles. The van der Waals surface area contributed by atoms with Gasteiger partial charge in [0.05, 0.1) is 23.1 Å². The molecule has 1 aromatic rings. The number of hydrogen-bond acceptors (Lipinski definition) is 4. The summed E-state index contributed by atoms with van der Waals surface area (Å²) in [7, 11) is -3.05. The van der Waals surface area contributed by atoms with Crippen molar-refractivity contribution in [2.75, 3.05) is 11.5 Å². The zero-order chi connectivity index (χ0) is 14.8. The second-order valence-electron chi connectivity index (χ2n) is 5.09. The van der Waals surface area contributed by atoms with E-state index >= 15 is 0 Å². The van der Waals surface area contributed by atoms with Crippen molar-refractivity contribution in [2.24, 2.45) is 11.0 Å². The summed E-state index contributed by atoms with van der Waals surface area (Å²) < 4.78 is 22.7. The Bertz CT molecular complexity index is 650. The molecule has 0 aromatic heterocycles. The minimum atomic E-state index is -3.05. The van der Waals surface area contributed by atoms with Gasteiger partial charge in [-0.15, -0.1) is 0 Å². The van der Waals surface area contributed by atoms with E-state index in [0.29, 0.717) is 12.1 Å². The van der Waals surface area contributed by atoms with Gasteiger partial charge in [0.25, 0.3) is 0 Å². The highest BCUT2D eigenvalue weighted by molar-refractivity contribution is 7.91. The second kappa shape index (κ2) is 5.75. The molecule has 1 aromatic carbocycles. The van der Waals surface area contributed by atoms with Gasteiger partial charge in [0.1, 0.15) is 0 Å². The first-order chi connectivity index (χ1) is 9.39. The molecule has 1 amide bonds. The van der Waals surface area contributed by atoms with E-state index in [1.54, 1.807) is 0 Å². The maximum atomic E-state index is 11.9. The monoisotopic (exact) mass is 294 g/mol. The lowest BCUT2D eigenvalue weighted by Gasteiger charge is -2.08. The van der Waals surface area contributed by atoms with Crippen LogP contribution in [0.1, 0.15) is 24.5 Å². The molecule has 5 nitrogen and oxygen atoms in total. The molecule has 108 valence electrons. The third-order valence-electron chi connectivity index (χ3n) is 3.47. The number of carbonyl (C=O) groups excluding carboxylic acids is 1. The predicted molar refractivity (Wildman–Crippen MR) is 78.3 cm³/mol. The van der Waals surface area contributed by atoms with Gasteiger partial charge in [-0.25, -0.2) is 13.8 Å². The average Bonchev–Trinajstić information content (AvgIpc) is 2.76. The molecule has 0 aliphatic carbocycles. The zero-order valence-electron chi connectivity index (χ0n) is 11.6. The molecule has 1 atom stereocenters. The van der Waals surface area contributed by atoms with Crippen LogP contribution in [-0.2, 0) is 14.6 Å². The number of aryl methyl sites for hydroxylation is 1. The van der Waals surface area contributed by atoms with Gasteiger partial charge in [-0.05, 0) is 25.8 Å². The van der Waals surface area contributed by atoms with E-state index in [1.165, 1.54) is 0 Å². The van der Waals surface area contributed by atoms with Gasteiger partial charge >= 0.3 is 0 Å². The summed E-state index contributed by atoms with van der Waals surface area (Å²) in [6, 6.07) is 7.75. The van der Waals surface area contributed by atoms with Crippen molar-refractivity contribution in [3.05, 3.63) is 35.4 Å². The van der Waals surface area contributed by atoms with Crippen LogP contribution in [0.25, 0.3) is 0 Å². The van der Waals surface area contributed by atoms with Crippen LogP contribution in [0.4, 0.5) is 0 Å². The summed E-state index contributed by atoms with van der Waals surface area (Å²) in [4.78, 5) is 11.9. The van der Waals surface area contributed by atoms with Gasteiger partial charge in [0.15, 0.2) is 9.84 Å². The Morgan fingerprint density at radius 1 is 1.35 bits per heavy atom. The number of benzene rings is 1. The minimum Gasteiger partial charge on any atom is -0.273 e. The topological polar surface area (TPSA) is 75.6 Å². The van der Waals surface area contributed by atoms with E-state index in [1.807, 2.05) is 38.1 Å². The molecular formula is C14H18N2O3S. The first kappa shape index (κ1) is 14.7. The molecule has 0 radical (unpaired) electrons. The molecular weight excluding hydrogens is 276 g/mol. The van der Waals surface area contributed by atoms with Crippen LogP contribution in [0, 0.1) is 12.8 Å². The molecule has 1 N–H and O–H groups in total. The first-order valence-corrected chi connectivity index (χ1v) is 8.32. The van der Waals surface area contributed by atoms with Crippen molar-refractivity contribution in [3.63, 3.8) is 0 Å². The fourth-order valence-electron chi connectivity index (χ4n) is 2.27. The number of rotatable bonds is 3. The average molecular weight is 294 g/mol. The number of nitrogens with zero attached hydrogens (tertiary/aromatic N) is 1. The van der Waals surface area contributed by atoms with Gasteiger partial charge in [-0.1, -0.05) is 24.3 Å². The lowest BCUT2D eigenvalue weighted by Crippen LogP contribution is -2.28. The number of hydrazone groups is 1. The standard InChI is InChI=1S/C14H18N2O3S/c1-10-5-3-4-6-13(10)11(2)15-16-14(17)12-7-8-20(18,19)9-12/h3-6,12H,7-9H2,1-2H3,(H,16,17)/b15-11-/t12-/m0/s1. The second-order valence-corrected chi connectivity index (χ2v) is 7.32. The third kappa shape index (κ3) is 3.45. The Kier molecular flexibility index (Phi) is 4.23. The van der Waals surface area contributed by atoms with Crippen molar-refractivity contribution in [2.45, 2.75) is 20.3 Å². The number of amides is 1. The molecule has 2 rings (SSSR count). The fraction of sp³-hybridized carbons (Fsp3) is 0.429. The summed E-state index contributed by atoms with van der Waals surface area (Å²) in [6.07, 6.45) is 0.382. The normalized spacial score (nSPS) is 21.7. The van der Waals surface area contributed by atoms with Gasteiger partial charge in [-0.2, -0.15) is 5.10 Å². The number of carbonyl (C=O) groups is 1. The first-order valence-electron chi connectivity index (χ1n) is 6.49. The summed E-state index contributed by atoms with van der Waals surface area (Å²) in [5, 5.41) is 4.07. The Hall–Kier alpha value is -1.69. The summed E-state index contributed by atoms with van der Waals surface area (Å²) in [6.45, 7) is 3.79. The van der Waals surface area contributed by atoms with E-state index in [9.17, 15) is 13.2 Å². The smallest absolute Gasteiger partial charge is 0.244 e. The molecule has 6 heteroatoms. The number of hydrogen-bond donors (Lipinski definition) is 1. The molecule has 1 aliphatic heterocycles. The maximum absolute atomic E-state index is 11.9. The number of sulfone groups is 1. The maximum Gasteiger partial charge on any atom is 0.244 e. The highest BCUT2D eigenvalue weighted by Gasteiger charge is 2.32. The van der Waals surface area contributed by atoms with Gasteiger partial charge in [0, 0.05) is 5.56 Å². The molecule has 0 bridgehead atoms. The fourth-order valence-corrected chi connectivity index (χ4v) is 4.01. The van der Waals surface area contributed by atoms with Crippen LogP contribution in [0.15, 0.2) is 29.4 Å². The van der Waals surface area contributed by atoms with Crippen LogP contribution < -0.4 is 5.43 Å². The lowest BCUT2D eigenvalue weighted by molar-refractivity contribution is -0.124. The number of nitrogens with one attached hydrogen (secondary N) is 1. The zero-order valence-corrected chi connectivity index (χ0v) is 12.4. The van der Waals surface area contributed by atoms with Crippen LogP contribution in [-0.4, -0.2) is 31.5 Å². The molecule has 0 unspecified atom stereocenters. The Balaban J connectivity index is 2.03. The van der Waals surface area contributed by atoms with Gasteiger partial charge < -0.3 is 0 Å². The van der Waals surface area contributed by atoms with Gasteiger partial charge in [-0.3, -0.25) is 4.79 Å². The van der Waals surface area contributed by atoms with E-state index < -0.39 is 15.8 Å². The van der Waals surface area contributed by atoms with Crippen molar-refractivity contribution >= 4 is 21.5 Å². The molecule has 1 saturated heterocycles. The summed E-state index contributed by atoms with van der Waals surface area (Å²) in [5.41, 5.74) is 5.22. The van der Waals surface area contributed by atoms with E-state index in [4.69, 9.17) is 0 Å². The third-order valence-corrected chi connectivity index (χ3v) is 5.24. The van der Waals surface area contributed by atoms with Crippen molar-refractivity contribution in [1.82, 2.24) is 5.43 Å². The Morgan fingerprint density at radius 3 is 2.65 bits per heavy atom. The van der Waals surface area contributed by atoms with Crippen LogP contribution in [0.5, 0.6) is 0 Å². The summed E-state index contributed by atoms with van der Waals surface area (Å²) >= 11 is 0. The van der Waals surface area contributed by atoms with Crippen molar-refractivity contribution in [1.29, 1.82) is 0 Å². The van der Waals surface area contributed by atoms with Crippen LogP contribution >= 0.6 is 0 Å². The van der Waals surface area contributed by atoms with Crippen LogP contribution in [0.3, 0.4) is 0 Å². The van der Waals surface area contributed by atoms with E-state index in [-0.39, 0.29) is 17.4 Å². The molecule has 1 fully saturated rings. The van der Waals surface area contributed by atoms with E-state index in [2.05, 4.69) is 10.5 Å². The highest BCUT2D eigenvalue weighted by atomic mass is 32.2. The minimum absolute atomic E-state index is 0.0717. The van der Waals surface area contributed by atoms with E-state index in [0.717, 1.165) is 11.1 Å². The Morgan fingerprint density at radius 2 is 2.05 bits per heavy atom. The quantitative estimate of drug-likeness (QED) is 0.674. The molecule has 0 spiro atoms. The highest BCUT2D eigenvalue weighted by Crippen LogP contribution is 2.18. The Labute approximate surface area is 119 Å². The van der Waals surface area contributed by atoms with Crippen molar-refractivity contribution < 1.29 is 13.2 Å². The largest absolute Gasteiger partial charge is 0.273 e. The lowest BCUT2D eigenvalue weighted by atomic mass is 10.1. The molecule has 1 aliphatic rings. The summed E-state index contributed by atoms with van der Waals surface area (Å²) in [5.74, 6) is -0.781. The molecule has 0 saturated carbocycles. The van der Waals surface area contributed by atoms with Gasteiger partial charge in [0.2, 0.25) is 5.91 Å². The molecule has 20 heavy (non-hydrogen) atoms. The van der Waals surface area contributed by atoms with Crippen molar-refractivity contribution in [3.8, 4) is 0 Å². The van der Waals surface area contributed by atoms with Crippen LogP contribution in [0.2, 0.25) is 0 Å². The SMILES string of the molecule is C/C(=N/NC(=O)[C@H]1CCS(=O)(=O)C1)c1ccccc1C. The predicted octanol–water partition coefficient (Wildman–Crippen LogP) is 1.27.